The summed E-state index contributed by atoms with van der Waals surface area (Å²) in [5.74, 6) is 0.108. The summed E-state index contributed by atoms with van der Waals surface area (Å²) < 4.78 is 0. The monoisotopic (exact) mass is 472 g/mol. The lowest BCUT2D eigenvalue weighted by Gasteiger charge is -2.51. The maximum Gasteiger partial charge on any atom is 0.335 e. The average molecular weight is 473 g/mol. The molecular weight excluding hydrogens is 424 g/mol. The molecule has 0 aromatic heterocycles. The molecule has 1 amide bonds. The van der Waals surface area contributed by atoms with Crippen molar-refractivity contribution in [2.75, 3.05) is 0 Å². The van der Waals surface area contributed by atoms with Crippen LogP contribution in [0.1, 0.15) is 122 Å². The number of carbonyl (C=O) groups is 2. The van der Waals surface area contributed by atoms with E-state index in [2.05, 4.69) is 41.5 Å². The summed E-state index contributed by atoms with van der Waals surface area (Å²) >= 11 is 0. The SMILES string of the molecule is CCCC[C@H](c1ccc(C(=O)O)cc1)N(C(=O)C(C)CC(C)C)C1(N)CCC(C(C)(C)C)CC1. The van der Waals surface area contributed by atoms with Gasteiger partial charge in [0.2, 0.25) is 5.91 Å². The Hall–Kier alpha value is -1.88. The summed E-state index contributed by atoms with van der Waals surface area (Å²) in [5.41, 5.74) is 7.96. The standard InChI is InChI=1S/C29H48N2O3/c1-8-9-10-25(22-11-13-23(14-12-22)27(33)34)31(26(32)21(4)19-20(2)3)29(30)17-15-24(16-18-29)28(5,6)7/h11-14,20-21,24-25H,8-10,15-19,30H2,1-7H3,(H,33,34)/t21?,24?,25-,29?/m1/s1. The van der Waals surface area contributed by atoms with Crippen LogP contribution in [-0.4, -0.2) is 27.5 Å². The van der Waals surface area contributed by atoms with Gasteiger partial charge in [0.15, 0.2) is 0 Å². The van der Waals surface area contributed by atoms with Crippen LogP contribution in [0.4, 0.5) is 0 Å². The molecular formula is C29H48N2O3. The van der Waals surface area contributed by atoms with Gasteiger partial charge in [0.05, 0.1) is 17.3 Å². The fraction of sp³-hybridized carbons (Fsp3) is 0.724. The first kappa shape index (κ1) is 28.4. The Morgan fingerprint density at radius 1 is 1.12 bits per heavy atom. The van der Waals surface area contributed by atoms with Crippen molar-refractivity contribution in [2.45, 2.75) is 112 Å². The highest BCUT2D eigenvalue weighted by atomic mass is 16.4. The second-order valence-corrected chi connectivity index (χ2v) is 12.1. The van der Waals surface area contributed by atoms with E-state index in [1.807, 2.05) is 24.0 Å². The number of nitrogens with two attached hydrogens (primary N) is 1. The zero-order chi connectivity index (χ0) is 25.7. The lowest BCUT2D eigenvalue weighted by molar-refractivity contribution is -0.149. The minimum Gasteiger partial charge on any atom is -0.478 e. The van der Waals surface area contributed by atoms with Gasteiger partial charge in [-0.05, 0) is 73.5 Å². The van der Waals surface area contributed by atoms with E-state index in [0.29, 0.717) is 11.8 Å². The van der Waals surface area contributed by atoms with Crippen molar-refractivity contribution >= 4 is 11.9 Å². The van der Waals surface area contributed by atoms with E-state index in [1.54, 1.807) is 12.1 Å². The molecule has 2 rings (SSSR count). The molecule has 1 saturated carbocycles. The van der Waals surface area contributed by atoms with E-state index in [-0.39, 0.29) is 28.8 Å². The highest BCUT2D eigenvalue weighted by molar-refractivity contribution is 5.87. The summed E-state index contributed by atoms with van der Waals surface area (Å²) in [7, 11) is 0. The van der Waals surface area contributed by atoms with Crippen molar-refractivity contribution < 1.29 is 14.7 Å². The van der Waals surface area contributed by atoms with E-state index >= 15 is 0 Å². The van der Waals surface area contributed by atoms with Crippen LogP contribution in [0.3, 0.4) is 0 Å². The van der Waals surface area contributed by atoms with E-state index in [1.165, 1.54) is 0 Å². The van der Waals surface area contributed by atoms with Crippen LogP contribution >= 0.6 is 0 Å². The van der Waals surface area contributed by atoms with Gasteiger partial charge in [-0.1, -0.05) is 73.4 Å². The minimum absolute atomic E-state index is 0.108. The molecule has 1 aromatic rings. The van der Waals surface area contributed by atoms with Gasteiger partial charge >= 0.3 is 5.97 Å². The number of amides is 1. The predicted octanol–water partition coefficient (Wildman–Crippen LogP) is 7.02. The minimum atomic E-state index is -0.939. The number of carboxylic acids is 1. The van der Waals surface area contributed by atoms with Crippen LogP contribution < -0.4 is 5.73 Å². The Morgan fingerprint density at radius 3 is 2.12 bits per heavy atom. The van der Waals surface area contributed by atoms with Crippen molar-refractivity contribution in [3.05, 3.63) is 35.4 Å². The molecule has 0 spiro atoms. The molecule has 1 fully saturated rings. The van der Waals surface area contributed by atoms with E-state index in [0.717, 1.165) is 56.9 Å². The van der Waals surface area contributed by atoms with Crippen molar-refractivity contribution in [2.24, 2.45) is 28.9 Å². The molecule has 0 aliphatic heterocycles. The lowest BCUT2D eigenvalue weighted by Crippen LogP contribution is -2.62. The average Bonchev–Trinajstić information content (AvgIpc) is 2.75. The Balaban J connectivity index is 2.49. The molecule has 2 atom stereocenters. The molecule has 0 radical (unpaired) electrons. The number of hydrogen-bond acceptors (Lipinski definition) is 3. The summed E-state index contributed by atoms with van der Waals surface area (Å²) in [6.45, 7) is 15.4. The number of carboxylic acid groups (broad SMARTS) is 1. The Labute approximate surface area is 207 Å². The molecule has 1 aromatic carbocycles. The number of aromatic carboxylic acids is 1. The fourth-order valence-corrected chi connectivity index (χ4v) is 5.64. The van der Waals surface area contributed by atoms with Crippen molar-refractivity contribution in [1.29, 1.82) is 0 Å². The quantitative estimate of drug-likeness (QED) is 0.358. The molecule has 0 heterocycles. The Bertz CT molecular complexity index is 802. The first-order chi connectivity index (χ1) is 15.8. The highest BCUT2D eigenvalue weighted by Gasteiger charge is 2.45. The molecule has 5 heteroatoms. The van der Waals surface area contributed by atoms with Crippen molar-refractivity contribution in [3.8, 4) is 0 Å². The highest BCUT2D eigenvalue weighted by Crippen LogP contribution is 2.45. The topological polar surface area (TPSA) is 83.6 Å². The zero-order valence-electron chi connectivity index (χ0n) is 22.6. The summed E-state index contributed by atoms with van der Waals surface area (Å²) in [6, 6.07) is 6.90. The van der Waals surface area contributed by atoms with Gasteiger partial charge in [-0.25, -0.2) is 4.79 Å². The molecule has 1 aliphatic carbocycles. The van der Waals surface area contributed by atoms with Gasteiger partial charge in [-0.15, -0.1) is 0 Å². The van der Waals surface area contributed by atoms with Crippen LogP contribution in [0.5, 0.6) is 0 Å². The molecule has 192 valence electrons. The number of rotatable bonds is 10. The summed E-state index contributed by atoms with van der Waals surface area (Å²) in [4.78, 5) is 27.5. The van der Waals surface area contributed by atoms with Crippen molar-refractivity contribution in [1.82, 2.24) is 4.90 Å². The van der Waals surface area contributed by atoms with Crippen molar-refractivity contribution in [3.63, 3.8) is 0 Å². The molecule has 34 heavy (non-hydrogen) atoms. The zero-order valence-corrected chi connectivity index (χ0v) is 22.6. The van der Waals surface area contributed by atoms with Gasteiger partial charge in [-0.3, -0.25) is 4.79 Å². The van der Waals surface area contributed by atoms with Crippen LogP contribution in [-0.2, 0) is 4.79 Å². The van der Waals surface area contributed by atoms with Crippen LogP contribution in [0.15, 0.2) is 24.3 Å². The van der Waals surface area contributed by atoms with Gasteiger partial charge in [0, 0.05) is 5.92 Å². The molecule has 0 bridgehead atoms. The molecule has 1 unspecified atom stereocenters. The van der Waals surface area contributed by atoms with Gasteiger partial charge in [0.1, 0.15) is 0 Å². The molecule has 3 N–H and O–H groups in total. The second kappa shape index (κ2) is 11.7. The number of carbonyl (C=O) groups excluding carboxylic acids is 1. The first-order valence-electron chi connectivity index (χ1n) is 13.3. The van der Waals surface area contributed by atoms with Crippen LogP contribution in [0.2, 0.25) is 0 Å². The smallest absolute Gasteiger partial charge is 0.335 e. The van der Waals surface area contributed by atoms with Gasteiger partial charge in [0.25, 0.3) is 0 Å². The maximum atomic E-state index is 14.1. The van der Waals surface area contributed by atoms with Gasteiger partial charge in [-0.2, -0.15) is 0 Å². The summed E-state index contributed by atoms with van der Waals surface area (Å²) in [5, 5.41) is 9.36. The number of unbranched alkanes of at least 4 members (excludes halogenated alkanes) is 1. The maximum absolute atomic E-state index is 14.1. The molecule has 5 nitrogen and oxygen atoms in total. The molecule has 1 aliphatic rings. The normalized spacial score (nSPS) is 22.9. The third-order valence-corrected chi connectivity index (χ3v) is 7.73. The number of hydrogen-bond donors (Lipinski definition) is 2. The summed E-state index contributed by atoms with van der Waals surface area (Å²) in [6.07, 6.45) is 7.28. The number of nitrogens with zero attached hydrogens (tertiary/aromatic N) is 1. The van der Waals surface area contributed by atoms with Gasteiger partial charge < -0.3 is 15.7 Å². The molecule has 0 saturated heterocycles. The Kier molecular flexibility index (Phi) is 9.76. The lowest BCUT2D eigenvalue weighted by atomic mass is 9.69. The van der Waals surface area contributed by atoms with E-state index < -0.39 is 11.6 Å². The second-order valence-electron chi connectivity index (χ2n) is 12.1. The number of benzene rings is 1. The third kappa shape index (κ3) is 7.07. The van der Waals surface area contributed by atoms with Crippen LogP contribution in [0.25, 0.3) is 0 Å². The third-order valence-electron chi connectivity index (χ3n) is 7.73. The largest absolute Gasteiger partial charge is 0.478 e. The Morgan fingerprint density at radius 2 is 1.68 bits per heavy atom. The fourth-order valence-electron chi connectivity index (χ4n) is 5.64. The van der Waals surface area contributed by atoms with Crippen LogP contribution in [0, 0.1) is 23.2 Å². The van der Waals surface area contributed by atoms with E-state index in [9.17, 15) is 14.7 Å². The predicted molar refractivity (Wildman–Crippen MR) is 139 cm³/mol. The van der Waals surface area contributed by atoms with E-state index in [4.69, 9.17) is 5.73 Å². The first-order valence-corrected chi connectivity index (χ1v) is 13.3.